The van der Waals surface area contributed by atoms with E-state index in [0.717, 1.165) is 23.5 Å². The van der Waals surface area contributed by atoms with E-state index < -0.39 is 0 Å². The number of anilines is 1. The van der Waals surface area contributed by atoms with Crippen molar-refractivity contribution in [1.29, 1.82) is 0 Å². The van der Waals surface area contributed by atoms with Gasteiger partial charge >= 0.3 is 0 Å². The number of allylic oxidation sites excluding steroid dienone is 1. The molecule has 0 aliphatic carbocycles. The van der Waals surface area contributed by atoms with Crippen LogP contribution in [0.4, 0.5) is 11.4 Å². The standard InChI is InChI=1S/C22H25ClN2O2/c1-6-25-19-11-21(27-5)15(9-17(19)14(2)12-22(25,3)4)13-24-18-8-7-16(23)10-20(18)26/h7-13,26H,6H2,1-5H3. The molecular formula is C22H25ClN2O2. The van der Waals surface area contributed by atoms with Crippen LogP contribution in [-0.2, 0) is 0 Å². The first kappa shape index (κ1) is 19.3. The zero-order chi connectivity index (χ0) is 19.8. The summed E-state index contributed by atoms with van der Waals surface area (Å²) in [6.45, 7) is 9.62. The molecule has 3 rings (SSSR count). The summed E-state index contributed by atoms with van der Waals surface area (Å²) in [6, 6.07) is 9.03. The Morgan fingerprint density at radius 2 is 2.00 bits per heavy atom. The maximum Gasteiger partial charge on any atom is 0.142 e. The third-order valence-corrected chi connectivity index (χ3v) is 5.16. The summed E-state index contributed by atoms with van der Waals surface area (Å²) in [7, 11) is 1.66. The number of halogens is 1. The predicted octanol–water partition coefficient (Wildman–Crippen LogP) is 5.83. The third-order valence-electron chi connectivity index (χ3n) is 4.93. The topological polar surface area (TPSA) is 45.1 Å². The molecule has 2 aromatic rings. The Kier molecular flexibility index (Phi) is 5.20. The lowest BCUT2D eigenvalue weighted by atomic mass is 9.88. The number of likely N-dealkylation sites (N-methyl/N-ethyl adjacent to an activating group) is 1. The van der Waals surface area contributed by atoms with E-state index in [1.807, 2.05) is 0 Å². The fraction of sp³-hybridized carbons (Fsp3) is 0.318. The van der Waals surface area contributed by atoms with Crippen molar-refractivity contribution in [2.45, 2.75) is 33.2 Å². The lowest BCUT2D eigenvalue weighted by Gasteiger charge is -2.43. The van der Waals surface area contributed by atoms with Crippen molar-refractivity contribution in [2.24, 2.45) is 4.99 Å². The largest absolute Gasteiger partial charge is 0.506 e. The summed E-state index contributed by atoms with van der Waals surface area (Å²) >= 11 is 5.88. The Balaban J connectivity index is 2.08. The molecule has 0 atom stereocenters. The van der Waals surface area contributed by atoms with Crippen molar-refractivity contribution >= 4 is 34.8 Å². The van der Waals surface area contributed by atoms with Crippen LogP contribution in [0.5, 0.6) is 11.5 Å². The van der Waals surface area contributed by atoms with Gasteiger partial charge in [0.1, 0.15) is 17.2 Å². The van der Waals surface area contributed by atoms with Gasteiger partial charge in [-0.2, -0.15) is 0 Å². The number of rotatable bonds is 4. The van der Waals surface area contributed by atoms with Crippen LogP contribution in [0.25, 0.3) is 5.57 Å². The number of nitrogens with zero attached hydrogens (tertiary/aromatic N) is 2. The smallest absolute Gasteiger partial charge is 0.142 e. The molecule has 4 nitrogen and oxygen atoms in total. The van der Waals surface area contributed by atoms with Crippen molar-refractivity contribution in [3.05, 3.63) is 52.6 Å². The van der Waals surface area contributed by atoms with E-state index in [1.165, 1.54) is 17.2 Å². The number of fused-ring (bicyclic) bond motifs is 1. The highest BCUT2D eigenvalue weighted by atomic mass is 35.5. The normalized spacial score (nSPS) is 15.6. The number of phenolic OH excluding ortho intramolecular Hbond substituents is 1. The first-order chi connectivity index (χ1) is 12.8. The van der Waals surface area contributed by atoms with E-state index in [4.69, 9.17) is 16.3 Å². The average Bonchev–Trinajstić information content (AvgIpc) is 2.60. The van der Waals surface area contributed by atoms with Gasteiger partial charge in [0, 0.05) is 46.7 Å². The molecule has 142 valence electrons. The molecule has 0 amide bonds. The number of aromatic hydroxyl groups is 1. The van der Waals surface area contributed by atoms with E-state index in [2.05, 4.69) is 55.8 Å². The van der Waals surface area contributed by atoms with E-state index in [1.54, 1.807) is 25.5 Å². The first-order valence-corrected chi connectivity index (χ1v) is 9.36. The molecule has 2 aromatic carbocycles. The molecule has 0 saturated heterocycles. The second kappa shape index (κ2) is 7.28. The molecule has 0 radical (unpaired) electrons. The molecule has 1 N–H and O–H groups in total. The molecule has 1 heterocycles. The van der Waals surface area contributed by atoms with E-state index in [9.17, 15) is 5.11 Å². The quantitative estimate of drug-likeness (QED) is 0.675. The van der Waals surface area contributed by atoms with E-state index >= 15 is 0 Å². The maximum absolute atomic E-state index is 10.0. The number of methoxy groups -OCH3 is 1. The fourth-order valence-electron chi connectivity index (χ4n) is 3.72. The van der Waals surface area contributed by atoms with Crippen LogP contribution in [0, 0.1) is 0 Å². The van der Waals surface area contributed by atoms with Crippen LogP contribution in [0.1, 0.15) is 38.8 Å². The van der Waals surface area contributed by atoms with Crippen molar-refractivity contribution < 1.29 is 9.84 Å². The van der Waals surface area contributed by atoms with Crippen LogP contribution in [-0.4, -0.2) is 30.5 Å². The van der Waals surface area contributed by atoms with Crippen molar-refractivity contribution in [2.75, 3.05) is 18.6 Å². The molecular weight excluding hydrogens is 360 g/mol. The maximum atomic E-state index is 10.0. The number of ether oxygens (including phenoxy) is 1. The number of benzene rings is 2. The van der Waals surface area contributed by atoms with Gasteiger partial charge in [-0.15, -0.1) is 0 Å². The lowest BCUT2D eigenvalue weighted by Crippen LogP contribution is -2.44. The molecule has 5 heteroatoms. The third kappa shape index (κ3) is 3.67. The van der Waals surface area contributed by atoms with Crippen LogP contribution < -0.4 is 9.64 Å². The predicted molar refractivity (Wildman–Crippen MR) is 114 cm³/mol. The molecule has 0 spiro atoms. The summed E-state index contributed by atoms with van der Waals surface area (Å²) in [5, 5.41) is 10.5. The minimum atomic E-state index is -0.0540. The summed E-state index contributed by atoms with van der Waals surface area (Å²) in [5.41, 5.74) is 4.81. The Morgan fingerprint density at radius 3 is 2.63 bits per heavy atom. The van der Waals surface area contributed by atoms with Crippen molar-refractivity contribution in [1.82, 2.24) is 0 Å². The minimum absolute atomic E-state index is 0.0469. The Bertz CT molecular complexity index is 932. The number of phenols is 1. The highest BCUT2D eigenvalue weighted by Gasteiger charge is 2.31. The summed E-state index contributed by atoms with van der Waals surface area (Å²) in [6.07, 6.45) is 4.00. The van der Waals surface area contributed by atoms with Gasteiger partial charge in [0.05, 0.1) is 12.6 Å². The van der Waals surface area contributed by atoms with Gasteiger partial charge in [0.25, 0.3) is 0 Å². The van der Waals surface area contributed by atoms with Gasteiger partial charge in [0.15, 0.2) is 0 Å². The SMILES string of the molecule is CCN1c2cc(OC)c(C=Nc3ccc(Cl)cc3O)cc2C(C)=CC1(C)C. The second-order valence-electron chi connectivity index (χ2n) is 7.23. The molecule has 0 fully saturated rings. The van der Waals surface area contributed by atoms with Crippen molar-refractivity contribution in [3.8, 4) is 11.5 Å². The van der Waals surface area contributed by atoms with Crippen molar-refractivity contribution in [3.63, 3.8) is 0 Å². The summed E-state index contributed by atoms with van der Waals surface area (Å²) < 4.78 is 5.62. The highest BCUT2D eigenvalue weighted by Crippen LogP contribution is 2.42. The van der Waals surface area contributed by atoms with Crippen LogP contribution in [0.3, 0.4) is 0 Å². The van der Waals surface area contributed by atoms with E-state index in [0.29, 0.717) is 10.7 Å². The van der Waals surface area contributed by atoms with Crippen LogP contribution in [0.2, 0.25) is 5.02 Å². The average molecular weight is 385 g/mol. The van der Waals surface area contributed by atoms with E-state index in [-0.39, 0.29) is 11.3 Å². The Labute approximate surface area is 165 Å². The van der Waals surface area contributed by atoms with Gasteiger partial charge in [-0.1, -0.05) is 17.7 Å². The second-order valence-corrected chi connectivity index (χ2v) is 7.66. The Hall–Kier alpha value is -2.46. The van der Waals surface area contributed by atoms with Gasteiger partial charge in [-0.25, -0.2) is 0 Å². The molecule has 0 unspecified atom stereocenters. The minimum Gasteiger partial charge on any atom is -0.506 e. The molecule has 0 bridgehead atoms. The fourth-order valence-corrected chi connectivity index (χ4v) is 3.89. The number of aliphatic imine (C=N–C) groups is 1. The Morgan fingerprint density at radius 1 is 1.26 bits per heavy atom. The summed E-state index contributed by atoms with van der Waals surface area (Å²) in [4.78, 5) is 6.79. The van der Waals surface area contributed by atoms with Gasteiger partial charge < -0.3 is 14.7 Å². The lowest BCUT2D eigenvalue weighted by molar-refractivity contribution is 0.413. The molecule has 0 aromatic heterocycles. The first-order valence-electron chi connectivity index (χ1n) is 8.99. The van der Waals surface area contributed by atoms with Gasteiger partial charge in [-0.3, -0.25) is 4.99 Å². The zero-order valence-corrected chi connectivity index (χ0v) is 17.1. The van der Waals surface area contributed by atoms with Crippen LogP contribution >= 0.6 is 11.6 Å². The zero-order valence-electron chi connectivity index (χ0n) is 16.4. The van der Waals surface area contributed by atoms with Gasteiger partial charge in [-0.05, 0) is 51.5 Å². The monoisotopic (exact) mass is 384 g/mol. The summed E-state index contributed by atoms with van der Waals surface area (Å²) in [5.74, 6) is 0.792. The van der Waals surface area contributed by atoms with Crippen LogP contribution in [0.15, 0.2) is 41.4 Å². The van der Waals surface area contributed by atoms with Gasteiger partial charge in [0.2, 0.25) is 0 Å². The highest BCUT2D eigenvalue weighted by molar-refractivity contribution is 6.30. The molecule has 1 aliphatic rings. The molecule has 0 saturated carbocycles. The number of hydrogen-bond donors (Lipinski definition) is 1. The molecule has 1 aliphatic heterocycles. The molecule has 27 heavy (non-hydrogen) atoms. The number of hydrogen-bond acceptors (Lipinski definition) is 4.